The van der Waals surface area contributed by atoms with Crippen LogP contribution in [-0.2, 0) is 0 Å². The number of anilines is 1. The standard InChI is InChI=1S/C8H8N2O4/c1-3-6(9)4(7(11)12)2-5(10-3)8(13)14/h2H,9H2,1H3,(H,11,12)(H,13,14). The van der Waals surface area contributed by atoms with E-state index < -0.39 is 11.9 Å². The topological polar surface area (TPSA) is 114 Å². The number of nitrogen functional groups attached to an aromatic ring is 1. The average Bonchev–Trinajstić information content (AvgIpc) is 2.08. The molecule has 0 bridgehead atoms. The fourth-order valence-corrected chi connectivity index (χ4v) is 0.969. The molecule has 0 saturated carbocycles. The van der Waals surface area contributed by atoms with Gasteiger partial charge in [-0.05, 0) is 13.0 Å². The molecule has 0 amide bonds. The lowest BCUT2D eigenvalue weighted by molar-refractivity contribution is 0.0690. The van der Waals surface area contributed by atoms with E-state index in [0.29, 0.717) is 0 Å². The van der Waals surface area contributed by atoms with Crippen molar-refractivity contribution in [2.75, 3.05) is 5.73 Å². The minimum absolute atomic E-state index is 0.0116. The van der Waals surface area contributed by atoms with E-state index >= 15 is 0 Å². The molecule has 0 spiro atoms. The Labute approximate surface area is 79.0 Å². The molecule has 6 heteroatoms. The van der Waals surface area contributed by atoms with Crippen LogP contribution >= 0.6 is 0 Å². The number of aryl methyl sites for hydroxylation is 1. The summed E-state index contributed by atoms with van der Waals surface area (Å²) in [6.07, 6.45) is 0. The minimum atomic E-state index is -1.28. The Morgan fingerprint density at radius 1 is 1.36 bits per heavy atom. The van der Waals surface area contributed by atoms with E-state index in [1.54, 1.807) is 0 Å². The highest BCUT2D eigenvalue weighted by molar-refractivity contribution is 5.97. The average molecular weight is 196 g/mol. The SMILES string of the molecule is Cc1nc(C(=O)O)cc(C(=O)O)c1N. The Balaban J connectivity index is 3.43. The Hall–Kier alpha value is -2.11. The summed E-state index contributed by atoms with van der Waals surface area (Å²) in [4.78, 5) is 24.8. The molecule has 6 nitrogen and oxygen atoms in total. The van der Waals surface area contributed by atoms with Crippen LogP contribution in [0.3, 0.4) is 0 Å². The van der Waals surface area contributed by atoms with E-state index in [2.05, 4.69) is 4.98 Å². The predicted molar refractivity (Wildman–Crippen MR) is 47.3 cm³/mol. The number of nitrogens with zero attached hydrogens (tertiary/aromatic N) is 1. The second-order valence-corrected chi connectivity index (χ2v) is 2.66. The third-order valence-electron chi connectivity index (χ3n) is 1.70. The minimum Gasteiger partial charge on any atom is -0.478 e. The normalized spacial score (nSPS) is 9.79. The number of hydrogen-bond donors (Lipinski definition) is 3. The van der Waals surface area contributed by atoms with Gasteiger partial charge in [-0.2, -0.15) is 0 Å². The summed E-state index contributed by atoms with van der Waals surface area (Å²) in [7, 11) is 0. The van der Waals surface area contributed by atoms with Gasteiger partial charge in [-0.15, -0.1) is 0 Å². The molecular weight excluding hydrogens is 188 g/mol. The molecule has 1 aromatic rings. The molecule has 0 fully saturated rings. The van der Waals surface area contributed by atoms with Gasteiger partial charge >= 0.3 is 11.9 Å². The summed E-state index contributed by atoms with van der Waals surface area (Å²) in [5, 5.41) is 17.3. The van der Waals surface area contributed by atoms with Crippen LogP contribution in [0.15, 0.2) is 6.07 Å². The van der Waals surface area contributed by atoms with Crippen molar-refractivity contribution in [3.05, 3.63) is 23.0 Å². The molecule has 0 atom stereocenters. The van der Waals surface area contributed by atoms with Gasteiger partial charge in [0.25, 0.3) is 0 Å². The Morgan fingerprint density at radius 3 is 2.36 bits per heavy atom. The Kier molecular flexibility index (Phi) is 2.37. The second-order valence-electron chi connectivity index (χ2n) is 2.66. The van der Waals surface area contributed by atoms with Crippen molar-refractivity contribution in [2.45, 2.75) is 6.92 Å². The molecule has 1 rings (SSSR count). The molecule has 4 N–H and O–H groups in total. The van der Waals surface area contributed by atoms with Crippen molar-refractivity contribution in [2.24, 2.45) is 0 Å². The number of carbonyl (C=O) groups is 2. The molecule has 0 aliphatic heterocycles. The van der Waals surface area contributed by atoms with Gasteiger partial charge in [-0.3, -0.25) is 0 Å². The smallest absolute Gasteiger partial charge is 0.354 e. The monoisotopic (exact) mass is 196 g/mol. The number of nitrogens with two attached hydrogens (primary N) is 1. The molecule has 0 aromatic carbocycles. The number of pyridine rings is 1. The predicted octanol–water partition coefficient (Wildman–Crippen LogP) is 0.369. The van der Waals surface area contributed by atoms with Crippen LogP contribution in [0.1, 0.15) is 26.5 Å². The largest absolute Gasteiger partial charge is 0.478 e. The molecular formula is C8H8N2O4. The van der Waals surface area contributed by atoms with Gasteiger partial charge < -0.3 is 15.9 Å². The number of aromatic carboxylic acids is 2. The zero-order chi connectivity index (χ0) is 10.9. The van der Waals surface area contributed by atoms with Crippen molar-refractivity contribution in [1.82, 2.24) is 4.98 Å². The number of rotatable bonds is 2. The summed E-state index contributed by atoms with van der Waals surface area (Å²) >= 11 is 0. The van der Waals surface area contributed by atoms with Crippen LogP contribution in [0.25, 0.3) is 0 Å². The van der Waals surface area contributed by atoms with Gasteiger partial charge in [0.15, 0.2) is 0 Å². The van der Waals surface area contributed by atoms with Crippen LogP contribution in [0, 0.1) is 6.92 Å². The van der Waals surface area contributed by atoms with E-state index in [-0.39, 0.29) is 22.6 Å². The van der Waals surface area contributed by atoms with Crippen molar-refractivity contribution in [3.8, 4) is 0 Å². The summed E-state index contributed by atoms with van der Waals surface area (Å²) < 4.78 is 0. The first-order chi connectivity index (χ1) is 6.43. The van der Waals surface area contributed by atoms with Crippen LogP contribution in [0.5, 0.6) is 0 Å². The van der Waals surface area contributed by atoms with E-state index in [9.17, 15) is 9.59 Å². The fraction of sp³-hybridized carbons (Fsp3) is 0.125. The van der Waals surface area contributed by atoms with Crippen LogP contribution in [-0.4, -0.2) is 27.1 Å². The van der Waals surface area contributed by atoms with Crippen LogP contribution in [0.4, 0.5) is 5.69 Å². The number of hydrogen-bond acceptors (Lipinski definition) is 4. The molecule has 74 valence electrons. The van der Waals surface area contributed by atoms with Crippen molar-refractivity contribution < 1.29 is 19.8 Å². The van der Waals surface area contributed by atoms with Gasteiger partial charge in [-0.1, -0.05) is 0 Å². The van der Waals surface area contributed by atoms with Gasteiger partial charge in [0, 0.05) is 0 Å². The molecule has 1 aromatic heterocycles. The Morgan fingerprint density at radius 2 is 1.93 bits per heavy atom. The van der Waals surface area contributed by atoms with Crippen molar-refractivity contribution >= 4 is 17.6 Å². The third-order valence-corrected chi connectivity index (χ3v) is 1.70. The van der Waals surface area contributed by atoms with Gasteiger partial charge in [-0.25, -0.2) is 14.6 Å². The molecule has 14 heavy (non-hydrogen) atoms. The first-order valence-electron chi connectivity index (χ1n) is 3.67. The van der Waals surface area contributed by atoms with E-state index in [1.807, 2.05) is 0 Å². The first-order valence-corrected chi connectivity index (χ1v) is 3.67. The molecule has 0 saturated heterocycles. The van der Waals surface area contributed by atoms with E-state index in [1.165, 1.54) is 6.92 Å². The molecule has 0 radical (unpaired) electrons. The molecule has 0 unspecified atom stereocenters. The maximum Gasteiger partial charge on any atom is 0.354 e. The lowest BCUT2D eigenvalue weighted by Crippen LogP contribution is -2.10. The van der Waals surface area contributed by atoms with E-state index in [4.69, 9.17) is 15.9 Å². The molecule has 1 heterocycles. The fourth-order valence-electron chi connectivity index (χ4n) is 0.969. The summed E-state index contributed by atoms with van der Waals surface area (Å²) in [5.41, 5.74) is 5.04. The Bertz CT molecular complexity index is 414. The number of carboxylic acids is 2. The maximum absolute atomic E-state index is 10.6. The summed E-state index contributed by atoms with van der Waals surface area (Å²) in [6.45, 7) is 1.45. The highest BCUT2D eigenvalue weighted by Gasteiger charge is 2.15. The highest BCUT2D eigenvalue weighted by atomic mass is 16.4. The summed E-state index contributed by atoms with van der Waals surface area (Å²) in [6, 6.07) is 0.938. The zero-order valence-electron chi connectivity index (χ0n) is 7.31. The zero-order valence-corrected chi connectivity index (χ0v) is 7.31. The molecule has 0 aliphatic rings. The second kappa shape index (κ2) is 3.33. The van der Waals surface area contributed by atoms with E-state index in [0.717, 1.165) is 6.07 Å². The first kappa shape index (κ1) is 9.97. The maximum atomic E-state index is 10.6. The quantitative estimate of drug-likeness (QED) is 0.629. The van der Waals surface area contributed by atoms with Crippen molar-refractivity contribution in [1.29, 1.82) is 0 Å². The van der Waals surface area contributed by atoms with Gasteiger partial charge in [0.2, 0.25) is 0 Å². The highest BCUT2D eigenvalue weighted by Crippen LogP contribution is 2.16. The number of aromatic nitrogens is 1. The summed E-state index contributed by atoms with van der Waals surface area (Å²) in [5.74, 6) is -2.55. The lowest BCUT2D eigenvalue weighted by atomic mass is 10.1. The third kappa shape index (κ3) is 1.63. The van der Waals surface area contributed by atoms with Crippen LogP contribution < -0.4 is 5.73 Å². The lowest BCUT2D eigenvalue weighted by Gasteiger charge is -2.04. The van der Waals surface area contributed by atoms with Crippen molar-refractivity contribution in [3.63, 3.8) is 0 Å². The van der Waals surface area contributed by atoms with Gasteiger partial charge in [0.1, 0.15) is 5.69 Å². The molecule has 0 aliphatic carbocycles. The van der Waals surface area contributed by atoms with Crippen LogP contribution in [0.2, 0.25) is 0 Å². The number of carboxylic acid groups (broad SMARTS) is 2. The van der Waals surface area contributed by atoms with Gasteiger partial charge in [0.05, 0.1) is 16.9 Å².